The van der Waals surface area contributed by atoms with Gasteiger partial charge in [-0.05, 0) is 42.5 Å². The molecule has 0 fully saturated rings. The summed E-state index contributed by atoms with van der Waals surface area (Å²) in [5.74, 6) is 0.881. The van der Waals surface area contributed by atoms with Crippen molar-refractivity contribution >= 4 is 29.6 Å². The Hall–Kier alpha value is -3.19. The van der Waals surface area contributed by atoms with Gasteiger partial charge in [-0.3, -0.25) is 4.79 Å². The monoisotopic (exact) mass is 433 g/mol. The van der Waals surface area contributed by atoms with Crippen molar-refractivity contribution in [3.63, 3.8) is 0 Å². The summed E-state index contributed by atoms with van der Waals surface area (Å²) in [5, 5.41) is 0.621. The number of esters is 1. The minimum Gasteiger partial charge on any atom is -0.497 e. The van der Waals surface area contributed by atoms with E-state index in [9.17, 15) is 9.59 Å². The second-order valence-corrected chi connectivity index (χ2v) is 6.60. The molecule has 0 atom stereocenters. The molecule has 0 spiro atoms. The number of rotatable bonds is 10. The molecular formula is C22H24ClNO6. The molecule has 2 aromatic rings. The minimum absolute atomic E-state index is 0.301. The zero-order valence-electron chi connectivity index (χ0n) is 17.1. The quantitative estimate of drug-likeness (QED) is 0.422. The molecule has 0 heterocycles. The summed E-state index contributed by atoms with van der Waals surface area (Å²) in [6.45, 7) is 0.285. The second kappa shape index (κ2) is 11.7. The van der Waals surface area contributed by atoms with E-state index in [0.29, 0.717) is 41.0 Å². The molecule has 30 heavy (non-hydrogen) atoms. The van der Waals surface area contributed by atoms with Crippen LogP contribution in [0.3, 0.4) is 0 Å². The van der Waals surface area contributed by atoms with Gasteiger partial charge in [-0.25, -0.2) is 4.79 Å². The summed E-state index contributed by atoms with van der Waals surface area (Å²) in [6.07, 6.45) is 2.79. The summed E-state index contributed by atoms with van der Waals surface area (Å²) < 4.78 is 20.9. The van der Waals surface area contributed by atoms with Gasteiger partial charge < -0.3 is 23.8 Å². The molecule has 2 aromatic carbocycles. The van der Waals surface area contributed by atoms with Crippen LogP contribution < -0.4 is 14.2 Å². The first kappa shape index (κ1) is 23.1. The van der Waals surface area contributed by atoms with Crippen molar-refractivity contribution in [3.8, 4) is 17.2 Å². The van der Waals surface area contributed by atoms with Crippen LogP contribution in [0.25, 0.3) is 6.08 Å². The minimum atomic E-state index is -0.632. The highest BCUT2D eigenvalue weighted by molar-refractivity contribution is 6.30. The Bertz CT molecular complexity index is 882. The molecule has 0 N–H and O–H groups in total. The number of hydrogen-bond donors (Lipinski definition) is 0. The lowest BCUT2D eigenvalue weighted by Crippen LogP contribution is -2.34. The average Bonchev–Trinajstić information content (AvgIpc) is 2.77. The van der Waals surface area contributed by atoms with E-state index in [1.807, 2.05) is 0 Å². The molecule has 0 saturated heterocycles. The van der Waals surface area contributed by atoms with Gasteiger partial charge in [0.05, 0.1) is 20.8 Å². The molecule has 0 bridgehead atoms. The van der Waals surface area contributed by atoms with Gasteiger partial charge in [0, 0.05) is 29.8 Å². The fourth-order valence-electron chi connectivity index (χ4n) is 2.36. The average molecular weight is 434 g/mol. The van der Waals surface area contributed by atoms with E-state index >= 15 is 0 Å². The van der Waals surface area contributed by atoms with Crippen LogP contribution in [0.1, 0.15) is 5.56 Å². The van der Waals surface area contributed by atoms with Crippen LogP contribution in [0.15, 0.2) is 48.5 Å². The van der Waals surface area contributed by atoms with E-state index < -0.39 is 5.97 Å². The Balaban J connectivity index is 1.76. The maximum Gasteiger partial charge on any atom is 0.331 e. The van der Waals surface area contributed by atoms with Gasteiger partial charge in [0.1, 0.15) is 23.9 Å². The van der Waals surface area contributed by atoms with Gasteiger partial charge in [-0.1, -0.05) is 11.6 Å². The molecule has 0 radical (unpaired) electrons. The molecule has 0 saturated carbocycles. The number of methoxy groups -OCH3 is 2. The predicted molar refractivity (Wildman–Crippen MR) is 114 cm³/mol. The van der Waals surface area contributed by atoms with Gasteiger partial charge in [0.2, 0.25) is 0 Å². The largest absolute Gasteiger partial charge is 0.497 e. The van der Waals surface area contributed by atoms with Gasteiger partial charge in [-0.15, -0.1) is 0 Å². The highest BCUT2D eigenvalue weighted by Crippen LogP contribution is 2.25. The summed E-state index contributed by atoms with van der Waals surface area (Å²) in [7, 11) is 4.69. The van der Waals surface area contributed by atoms with Crippen LogP contribution in [0.5, 0.6) is 17.2 Å². The fourth-order valence-corrected chi connectivity index (χ4v) is 2.49. The van der Waals surface area contributed by atoms with Crippen molar-refractivity contribution in [2.45, 2.75) is 0 Å². The molecule has 0 aromatic heterocycles. The molecule has 8 heteroatoms. The molecule has 0 aliphatic heterocycles. The van der Waals surface area contributed by atoms with E-state index in [1.54, 1.807) is 62.7 Å². The van der Waals surface area contributed by atoms with E-state index in [4.69, 9.17) is 30.5 Å². The van der Waals surface area contributed by atoms with Crippen LogP contribution in [-0.2, 0) is 14.3 Å². The van der Waals surface area contributed by atoms with Crippen molar-refractivity contribution < 1.29 is 28.5 Å². The van der Waals surface area contributed by atoms with Crippen molar-refractivity contribution in [2.24, 2.45) is 0 Å². The van der Waals surface area contributed by atoms with Gasteiger partial charge in [0.15, 0.2) is 6.61 Å². The number of benzene rings is 2. The molecule has 0 aliphatic carbocycles. The maximum atomic E-state index is 12.1. The highest BCUT2D eigenvalue weighted by atomic mass is 35.5. The van der Waals surface area contributed by atoms with Crippen LogP contribution >= 0.6 is 11.6 Å². The van der Waals surface area contributed by atoms with Crippen molar-refractivity contribution in [3.05, 3.63) is 59.1 Å². The second-order valence-electron chi connectivity index (χ2n) is 6.17. The van der Waals surface area contributed by atoms with Gasteiger partial charge >= 0.3 is 5.97 Å². The normalized spacial score (nSPS) is 10.5. The van der Waals surface area contributed by atoms with Crippen molar-refractivity contribution in [2.75, 3.05) is 41.0 Å². The molecule has 0 unspecified atom stereocenters. The van der Waals surface area contributed by atoms with E-state index in [0.717, 1.165) is 0 Å². The summed E-state index contributed by atoms with van der Waals surface area (Å²) in [5.41, 5.74) is 0.679. The lowest BCUT2D eigenvalue weighted by molar-refractivity contribution is -0.147. The first-order valence-electron chi connectivity index (χ1n) is 9.12. The Morgan fingerprint density at radius 1 is 1.03 bits per heavy atom. The number of halogens is 1. The number of ether oxygens (including phenoxy) is 4. The summed E-state index contributed by atoms with van der Waals surface area (Å²) >= 11 is 5.82. The molecule has 7 nitrogen and oxygen atoms in total. The Morgan fingerprint density at radius 3 is 2.40 bits per heavy atom. The molecule has 160 valence electrons. The van der Waals surface area contributed by atoms with Crippen LogP contribution in [0.2, 0.25) is 5.02 Å². The van der Waals surface area contributed by atoms with E-state index in [2.05, 4.69) is 0 Å². The molecule has 0 aliphatic rings. The van der Waals surface area contributed by atoms with E-state index in [1.165, 1.54) is 18.1 Å². The third-order valence-electron chi connectivity index (χ3n) is 4.11. The number of amides is 1. The van der Waals surface area contributed by atoms with E-state index in [-0.39, 0.29) is 12.5 Å². The predicted octanol–water partition coefficient (Wildman–Crippen LogP) is 3.45. The van der Waals surface area contributed by atoms with Crippen LogP contribution in [-0.4, -0.2) is 57.8 Å². The van der Waals surface area contributed by atoms with Crippen LogP contribution in [0, 0.1) is 0 Å². The number of nitrogens with zero attached hydrogens (tertiary/aromatic N) is 1. The lowest BCUT2D eigenvalue weighted by Gasteiger charge is -2.17. The Kier molecular flexibility index (Phi) is 9.03. The van der Waals surface area contributed by atoms with Crippen molar-refractivity contribution in [1.29, 1.82) is 0 Å². The lowest BCUT2D eigenvalue weighted by atomic mass is 10.2. The number of carbonyl (C=O) groups is 2. The first-order chi connectivity index (χ1) is 14.4. The topological polar surface area (TPSA) is 74.3 Å². The van der Waals surface area contributed by atoms with Crippen LogP contribution in [0.4, 0.5) is 0 Å². The Labute approximate surface area is 180 Å². The third-order valence-corrected chi connectivity index (χ3v) is 4.36. The Morgan fingerprint density at radius 2 is 1.73 bits per heavy atom. The molecule has 1 amide bonds. The highest BCUT2D eigenvalue weighted by Gasteiger charge is 2.11. The number of carbonyl (C=O) groups excluding carboxylic acids is 2. The first-order valence-corrected chi connectivity index (χ1v) is 9.50. The van der Waals surface area contributed by atoms with Gasteiger partial charge in [-0.2, -0.15) is 0 Å². The standard InChI is InChI=1S/C22H24ClNO6/c1-24(12-13-29-18-9-6-17(23)7-10-18)21(25)15-30-22(26)11-5-16-4-8-19(27-2)14-20(16)28-3/h4-11,14H,12-13,15H2,1-3H3/b11-5+. The smallest absolute Gasteiger partial charge is 0.331 e. The van der Waals surface area contributed by atoms with Crippen molar-refractivity contribution in [1.82, 2.24) is 4.90 Å². The van der Waals surface area contributed by atoms with Gasteiger partial charge in [0.25, 0.3) is 5.91 Å². The summed E-state index contributed by atoms with van der Waals surface area (Å²) in [6, 6.07) is 12.1. The number of hydrogen-bond acceptors (Lipinski definition) is 6. The third kappa shape index (κ3) is 7.33. The zero-order chi connectivity index (χ0) is 21.9. The molecule has 2 rings (SSSR count). The SMILES string of the molecule is COc1ccc(/C=C/C(=O)OCC(=O)N(C)CCOc2ccc(Cl)cc2)c(OC)c1. The molecular weight excluding hydrogens is 410 g/mol. The zero-order valence-corrected chi connectivity index (χ0v) is 17.8. The fraction of sp³-hybridized carbons (Fsp3) is 0.273. The maximum absolute atomic E-state index is 12.1. The number of likely N-dealkylation sites (N-methyl/N-ethyl adjacent to an activating group) is 1. The summed E-state index contributed by atoms with van der Waals surface area (Å²) in [4.78, 5) is 25.4.